The van der Waals surface area contributed by atoms with Crippen LogP contribution in [0.25, 0.3) is 0 Å². The molecule has 0 aliphatic carbocycles. The fourth-order valence-corrected chi connectivity index (χ4v) is 2.94. The molecular formula is C19H24N4O2. The summed E-state index contributed by atoms with van der Waals surface area (Å²) < 4.78 is 5.71. The maximum absolute atomic E-state index is 12.3. The van der Waals surface area contributed by atoms with E-state index in [1.165, 1.54) is 0 Å². The molecule has 0 unspecified atom stereocenters. The number of piperazine rings is 1. The molecule has 6 nitrogen and oxygen atoms in total. The first-order chi connectivity index (χ1) is 12.3. The van der Waals surface area contributed by atoms with Gasteiger partial charge in [0.15, 0.2) is 0 Å². The Labute approximate surface area is 148 Å². The predicted octanol–water partition coefficient (Wildman–Crippen LogP) is 2.51. The van der Waals surface area contributed by atoms with Crippen molar-refractivity contribution in [1.29, 1.82) is 0 Å². The summed E-state index contributed by atoms with van der Waals surface area (Å²) in [5.74, 6) is 0.902. The van der Waals surface area contributed by atoms with Crippen LogP contribution in [-0.2, 0) is 6.54 Å². The van der Waals surface area contributed by atoms with E-state index in [4.69, 9.17) is 4.74 Å². The van der Waals surface area contributed by atoms with E-state index in [2.05, 4.69) is 21.3 Å². The Morgan fingerprint density at radius 1 is 1.16 bits per heavy atom. The number of nitrogens with zero attached hydrogens (tertiary/aromatic N) is 3. The van der Waals surface area contributed by atoms with Gasteiger partial charge in [0.25, 0.3) is 0 Å². The van der Waals surface area contributed by atoms with E-state index in [1.807, 2.05) is 42.2 Å². The molecule has 0 saturated carbocycles. The maximum atomic E-state index is 12.3. The predicted molar refractivity (Wildman–Crippen MR) is 97.9 cm³/mol. The lowest BCUT2D eigenvalue weighted by molar-refractivity contribution is 0.194. The summed E-state index contributed by atoms with van der Waals surface area (Å²) >= 11 is 0. The van der Waals surface area contributed by atoms with Crippen LogP contribution in [0.1, 0.15) is 12.5 Å². The van der Waals surface area contributed by atoms with Crippen molar-refractivity contribution in [1.82, 2.24) is 15.2 Å². The lowest BCUT2D eigenvalue weighted by atomic mass is 10.2. The van der Waals surface area contributed by atoms with Gasteiger partial charge < -0.3 is 19.9 Å². The Morgan fingerprint density at radius 3 is 2.68 bits per heavy atom. The Hall–Kier alpha value is -2.76. The zero-order valence-electron chi connectivity index (χ0n) is 14.5. The first-order valence-corrected chi connectivity index (χ1v) is 8.66. The Morgan fingerprint density at radius 2 is 1.96 bits per heavy atom. The van der Waals surface area contributed by atoms with Crippen LogP contribution in [-0.4, -0.2) is 48.7 Å². The van der Waals surface area contributed by atoms with Crippen LogP contribution in [0.15, 0.2) is 48.8 Å². The van der Waals surface area contributed by atoms with Crippen LogP contribution < -0.4 is 15.0 Å². The van der Waals surface area contributed by atoms with Gasteiger partial charge in [-0.15, -0.1) is 0 Å². The van der Waals surface area contributed by atoms with Gasteiger partial charge in [-0.25, -0.2) is 4.79 Å². The number of amides is 2. The van der Waals surface area contributed by atoms with Crippen molar-refractivity contribution in [3.63, 3.8) is 0 Å². The molecule has 25 heavy (non-hydrogen) atoms. The lowest BCUT2D eigenvalue weighted by Gasteiger charge is -2.36. The third-order valence-corrected chi connectivity index (χ3v) is 4.24. The zero-order chi connectivity index (χ0) is 17.5. The third kappa shape index (κ3) is 4.41. The number of pyridine rings is 1. The van der Waals surface area contributed by atoms with Gasteiger partial charge in [-0.1, -0.05) is 18.2 Å². The summed E-state index contributed by atoms with van der Waals surface area (Å²) in [7, 11) is 0. The van der Waals surface area contributed by atoms with E-state index >= 15 is 0 Å². The largest absolute Gasteiger partial charge is 0.492 e. The number of rotatable bonds is 5. The van der Waals surface area contributed by atoms with Crippen LogP contribution in [0.2, 0.25) is 0 Å². The van der Waals surface area contributed by atoms with Crippen molar-refractivity contribution in [2.24, 2.45) is 0 Å². The van der Waals surface area contributed by atoms with E-state index in [9.17, 15) is 4.79 Å². The summed E-state index contributed by atoms with van der Waals surface area (Å²) in [4.78, 5) is 20.5. The molecule has 2 heterocycles. The molecule has 0 radical (unpaired) electrons. The minimum atomic E-state index is -0.0263. The number of hydrogen-bond donors (Lipinski definition) is 1. The van der Waals surface area contributed by atoms with Crippen LogP contribution >= 0.6 is 0 Å². The number of benzene rings is 1. The standard InChI is InChI=1S/C19H24N4O2/c1-2-25-18-8-4-3-7-17(18)22-10-12-23(13-11-22)19(24)21-15-16-6-5-9-20-14-16/h3-9,14H,2,10-13,15H2,1H3,(H,21,24). The molecule has 2 aromatic rings. The molecule has 1 aliphatic heterocycles. The number of aromatic nitrogens is 1. The molecule has 1 fully saturated rings. The second-order valence-electron chi connectivity index (χ2n) is 5.89. The summed E-state index contributed by atoms with van der Waals surface area (Å²) in [6.45, 7) is 6.11. The molecular weight excluding hydrogens is 316 g/mol. The van der Waals surface area contributed by atoms with Crippen molar-refractivity contribution in [3.8, 4) is 5.75 Å². The van der Waals surface area contributed by atoms with Crippen LogP contribution in [0.5, 0.6) is 5.75 Å². The zero-order valence-corrected chi connectivity index (χ0v) is 14.5. The van der Waals surface area contributed by atoms with Gasteiger partial charge in [0.1, 0.15) is 5.75 Å². The van der Waals surface area contributed by atoms with Gasteiger partial charge in [-0.3, -0.25) is 4.98 Å². The molecule has 132 valence electrons. The molecule has 1 aromatic carbocycles. The van der Waals surface area contributed by atoms with E-state index < -0.39 is 0 Å². The average Bonchev–Trinajstić information content (AvgIpc) is 2.68. The number of nitrogens with one attached hydrogen (secondary N) is 1. The Kier molecular flexibility index (Phi) is 5.72. The van der Waals surface area contributed by atoms with Gasteiger partial charge in [0.05, 0.1) is 12.3 Å². The molecule has 1 aliphatic rings. The smallest absolute Gasteiger partial charge is 0.317 e. The van der Waals surface area contributed by atoms with E-state index in [-0.39, 0.29) is 6.03 Å². The monoisotopic (exact) mass is 340 g/mol. The summed E-state index contributed by atoms with van der Waals surface area (Å²) in [5, 5.41) is 2.96. The molecule has 6 heteroatoms. The highest BCUT2D eigenvalue weighted by atomic mass is 16.5. The number of carbonyl (C=O) groups excluding carboxylic acids is 1. The summed E-state index contributed by atoms with van der Waals surface area (Å²) in [5.41, 5.74) is 2.10. The quantitative estimate of drug-likeness (QED) is 0.909. The normalized spacial score (nSPS) is 14.3. The number of anilines is 1. The fraction of sp³-hybridized carbons (Fsp3) is 0.368. The van der Waals surface area contributed by atoms with E-state index in [1.54, 1.807) is 12.4 Å². The number of para-hydroxylation sites is 2. The molecule has 2 amide bonds. The van der Waals surface area contributed by atoms with Gasteiger partial charge >= 0.3 is 6.03 Å². The molecule has 3 rings (SSSR count). The third-order valence-electron chi connectivity index (χ3n) is 4.24. The van der Waals surface area contributed by atoms with Crippen LogP contribution in [0.4, 0.5) is 10.5 Å². The van der Waals surface area contributed by atoms with Crippen molar-refractivity contribution in [2.45, 2.75) is 13.5 Å². The lowest BCUT2D eigenvalue weighted by Crippen LogP contribution is -2.51. The highest BCUT2D eigenvalue weighted by Crippen LogP contribution is 2.28. The number of urea groups is 1. The van der Waals surface area contributed by atoms with Crippen molar-refractivity contribution in [2.75, 3.05) is 37.7 Å². The van der Waals surface area contributed by atoms with Crippen molar-refractivity contribution >= 4 is 11.7 Å². The maximum Gasteiger partial charge on any atom is 0.317 e. The van der Waals surface area contributed by atoms with Gasteiger partial charge in [-0.05, 0) is 30.7 Å². The second kappa shape index (κ2) is 8.37. The Bertz CT molecular complexity index is 685. The van der Waals surface area contributed by atoms with Gasteiger partial charge in [-0.2, -0.15) is 0 Å². The minimum Gasteiger partial charge on any atom is -0.492 e. The topological polar surface area (TPSA) is 57.7 Å². The average molecular weight is 340 g/mol. The van der Waals surface area contributed by atoms with Gasteiger partial charge in [0, 0.05) is 45.1 Å². The highest BCUT2D eigenvalue weighted by Gasteiger charge is 2.22. The van der Waals surface area contributed by atoms with Crippen molar-refractivity contribution < 1.29 is 9.53 Å². The van der Waals surface area contributed by atoms with E-state index in [0.29, 0.717) is 26.2 Å². The molecule has 1 N–H and O–H groups in total. The second-order valence-corrected chi connectivity index (χ2v) is 5.89. The molecule has 1 aromatic heterocycles. The number of carbonyl (C=O) groups is 1. The van der Waals surface area contributed by atoms with Crippen LogP contribution in [0.3, 0.4) is 0 Å². The first-order valence-electron chi connectivity index (χ1n) is 8.66. The molecule has 1 saturated heterocycles. The summed E-state index contributed by atoms with van der Waals surface area (Å²) in [6.07, 6.45) is 3.49. The minimum absolute atomic E-state index is 0.0263. The number of ether oxygens (including phenoxy) is 1. The van der Waals surface area contributed by atoms with E-state index in [0.717, 1.165) is 30.1 Å². The summed E-state index contributed by atoms with van der Waals surface area (Å²) in [6, 6.07) is 11.9. The molecule has 0 spiro atoms. The van der Waals surface area contributed by atoms with Crippen molar-refractivity contribution in [3.05, 3.63) is 54.4 Å². The van der Waals surface area contributed by atoms with Crippen LogP contribution in [0, 0.1) is 0 Å². The fourth-order valence-electron chi connectivity index (χ4n) is 2.94. The number of hydrogen-bond acceptors (Lipinski definition) is 4. The molecule has 0 atom stereocenters. The Balaban J connectivity index is 1.52. The highest BCUT2D eigenvalue weighted by molar-refractivity contribution is 5.74. The van der Waals surface area contributed by atoms with Gasteiger partial charge in [0.2, 0.25) is 0 Å². The first kappa shape index (κ1) is 17.1. The molecule has 0 bridgehead atoms. The SMILES string of the molecule is CCOc1ccccc1N1CCN(C(=O)NCc2cccnc2)CC1.